The van der Waals surface area contributed by atoms with Gasteiger partial charge in [-0.1, -0.05) is 18.2 Å². The number of ether oxygens (including phenoxy) is 1. The number of amides is 4. The molecule has 1 N–H and O–H groups in total. The molecule has 37 heavy (non-hydrogen) atoms. The molecule has 0 radical (unpaired) electrons. The minimum absolute atomic E-state index is 0.172. The molecule has 0 aromatic heterocycles. The fourth-order valence-corrected chi connectivity index (χ4v) is 3.75. The lowest BCUT2D eigenvalue weighted by Crippen LogP contribution is -2.54. The van der Waals surface area contributed by atoms with Crippen molar-refractivity contribution in [3.05, 3.63) is 103 Å². The number of urea groups is 1. The van der Waals surface area contributed by atoms with Gasteiger partial charge in [0.25, 0.3) is 17.5 Å². The molecule has 0 atom stereocenters. The van der Waals surface area contributed by atoms with Crippen LogP contribution in [0.25, 0.3) is 6.08 Å². The number of carbonyl (C=O) groups is 3. The molecule has 0 bridgehead atoms. The predicted molar refractivity (Wildman–Crippen MR) is 131 cm³/mol. The summed E-state index contributed by atoms with van der Waals surface area (Å²) in [5.41, 5.74) is 1.11. The van der Waals surface area contributed by atoms with Crippen molar-refractivity contribution < 1.29 is 29.0 Å². The third-order valence-electron chi connectivity index (χ3n) is 5.34. The summed E-state index contributed by atoms with van der Waals surface area (Å²) in [6.45, 7) is 3.64. The highest BCUT2D eigenvalue weighted by molar-refractivity contribution is 6.39. The number of hydrogen-bond donors (Lipinski definition) is 1. The van der Waals surface area contributed by atoms with E-state index in [1.807, 2.05) is 19.9 Å². The van der Waals surface area contributed by atoms with Crippen molar-refractivity contribution in [2.24, 2.45) is 0 Å². The van der Waals surface area contributed by atoms with Gasteiger partial charge in [-0.2, -0.15) is 0 Å². The number of hydrogen-bond acceptors (Lipinski definition) is 8. The number of carbonyl (C=O) groups excluding carboxylic acids is 3. The Morgan fingerprint density at radius 2 is 1.51 bits per heavy atom. The third-order valence-corrected chi connectivity index (χ3v) is 5.34. The largest absolute Gasteiger partial charge is 0.450 e. The molecule has 1 heterocycles. The highest BCUT2D eigenvalue weighted by Gasteiger charge is 2.37. The van der Waals surface area contributed by atoms with Gasteiger partial charge in [0.2, 0.25) is 5.75 Å². The van der Waals surface area contributed by atoms with Gasteiger partial charge in [-0.05, 0) is 66.9 Å². The van der Waals surface area contributed by atoms with Crippen LogP contribution in [0.5, 0.6) is 11.5 Å². The highest BCUT2D eigenvalue weighted by Crippen LogP contribution is 2.34. The molecule has 0 aliphatic carbocycles. The number of aryl methyl sites for hydroxylation is 2. The Balaban J connectivity index is 1.60. The van der Waals surface area contributed by atoms with E-state index < -0.39 is 39.1 Å². The quantitative estimate of drug-likeness (QED) is 0.222. The number of nitrogens with one attached hydrogen (secondary N) is 1. The smallest absolute Gasteiger partial charge is 0.335 e. The van der Waals surface area contributed by atoms with Gasteiger partial charge in [-0.25, -0.2) is 9.69 Å². The van der Waals surface area contributed by atoms with Crippen LogP contribution in [0.15, 0.2) is 66.2 Å². The average molecular weight is 502 g/mol. The highest BCUT2D eigenvalue weighted by atomic mass is 16.6. The van der Waals surface area contributed by atoms with Gasteiger partial charge in [0.15, 0.2) is 0 Å². The normalized spacial score (nSPS) is 14.5. The van der Waals surface area contributed by atoms with Gasteiger partial charge in [-0.3, -0.25) is 35.1 Å². The van der Waals surface area contributed by atoms with E-state index in [0.29, 0.717) is 11.3 Å². The zero-order valence-corrected chi connectivity index (χ0v) is 19.5. The average Bonchev–Trinajstić information content (AvgIpc) is 2.82. The first-order valence-corrected chi connectivity index (χ1v) is 10.7. The van der Waals surface area contributed by atoms with Crippen LogP contribution in [0, 0.1) is 34.1 Å². The third kappa shape index (κ3) is 5.17. The lowest BCUT2D eigenvalue weighted by molar-refractivity contribution is -0.394. The Hall–Kier alpha value is -5.39. The molecule has 1 fully saturated rings. The lowest BCUT2D eigenvalue weighted by atomic mass is 10.1. The summed E-state index contributed by atoms with van der Waals surface area (Å²) in [4.78, 5) is 59.5. The number of nitrogens with zero attached hydrogens (tertiary/aromatic N) is 3. The van der Waals surface area contributed by atoms with E-state index in [1.54, 1.807) is 12.1 Å². The van der Waals surface area contributed by atoms with Crippen molar-refractivity contribution in [3.63, 3.8) is 0 Å². The maximum absolute atomic E-state index is 13.1. The summed E-state index contributed by atoms with van der Waals surface area (Å²) in [5.74, 6) is -1.67. The van der Waals surface area contributed by atoms with E-state index in [0.717, 1.165) is 34.2 Å². The first kappa shape index (κ1) is 24.7. The summed E-state index contributed by atoms with van der Waals surface area (Å²) in [6, 6.07) is 13.2. The van der Waals surface area contributed by atoms with Crippen LogP contribution in [0.2, 0.25) is 0 Å². The van der Waals surface area contributed by atoms with Crippen LogP contribution < -0.4 is 15.0 Å². The molecule has 0 spiro atoms. The summed E-state index contributed by atoms with van der Waals surface area (Å²) in [6.07, 6.45) is 1.30. The van der Waals surface area contributed by atoms with E-state index >= 15 is 0 Å². The molecule has 1 aliphatic rings. The molecule has 1 aliphatic heterocycles. The number of non-ortho nitro benzene ring substituents is 1. The van der Waals surface area contributed by atoms with Crippen molar-refractivity contribution in [1.29, 1.82) is 0 Å². The van der Waals surface area contributed by atoms with Crippen molar-refractivity contribution in [2.45, 2.75) is 13.8 Å². The number of rotatable bonds is 6. The van der Waals surface area contributed by atoms with Gasteiger partial charge in [0, 0.05) is 6.07 Å². The van der Waals surface area contributed by atoms with Crippen molar-refractivity contribution in [3.8, 4) is 11.5 Å². The molecule has 12 heteroatoms. The number of imide groups is 2. The van der Waals surface area contributed by atoms with E-state index in [-0.39, 0.29) is 17.1 Å². The second-order valence-electron chi connectivity index (χ2n) is 8.14. The minimum atomic E-state index is -0.856. The number of benzene rings is 3. The maximum atomic E-state index is 13.1. The molecular formula is C25H18N4O8. The zero-order chi connectivity index (χ0) is 26.9. The number of barbiturate groups is 1. The van der Waals surface area contributed by atoms with Gasteiger partial charge in [0.1, 0.15) is 11.3 Å². The minimum Gasteiger partial charge on any atom is -0.450 e. The molecule has 12 nitrogen and oxygen atoms in total. The van der Waals surface area contributed by atoms with Crippen LogP contribution in [0.1, 0.15) is 16.7 Å². The van der Waals surface area contributed by atoms with E-state index in [4.69, 9.17) is 4.74 Å². The number of nitro groups is 2. The molecule has 0 unspecified atom stereocenters. The molecule has 186 valence electrons. The maximum Gasteiger partial charge on any atom is 0.335 e. The summed E-state index contributed by atoms with van der Waals surface area (Å²) in [5, 5.41) is 24.4. The molecule has 3 aromatic rings. The van der Waals surface area contributed by atoms with Crippen LogP contribution in [-0.4, -0.2) is 27.7 Å². The molecule has 1 saturated heterocycles. The second-order valence-corrected chi connectivity index (χ2v) is 8.14. The van der Waals surface area contributed by atoms with Crippen molar-refractivity contribution >= 4 is 41.0 Å². The van der Waals surface area contributed by atoms with Gasteiger partial charge < -0.3 is 4.74 Å². The van der Waals surface area contributed by atoms with Crippen LogP contribution in [0.4, 0.5) is 21.9 Å². The second kappa shape index (κ2) is 9.70. The summed E-state index contributed by atoms with van der Waals surface area (Å²) < 4.78 is 5.52. The topological polar surface area (TPSA) is 162 Å². The van der Waals surface area contributed by atoms with Crippen LogP contribution in [-0.2, 0) is 9.59 Å². The van der Waals surface area contributed by atoms with Crippen LogP contribution in [0.3, 0.4) is 0 Å². The first-order chi connectivity index (χ1) is 17.5. The van der Waals surface area contributed by atoms with Gasteiger partial charge in [-0.15, -0.1) is 0 Å². The number of nitro benzene ring substituents is 2. The van der Waals surface area contributed by atoms with Gasteiger partial charge in [0.05, 0.1) is 21.6 Å². The zero-order valence-electron chi connectivity index (χ0n) is 19.5. The fraction of sp³-hybridized carbons (Fsp3) is 0.0800. The standard InChI is InChI=1S/C25H18N4O8/c1-14-9-15(2)11-18(10-14)27-24(31)20(23(30)26-25(27)32)12-16-3-6-19(7-4-16)37-22-8-5-17(28(33)34)13-21(22)29(35)36/h3-13H,1-2H3,(H,26,30,32)/b20-12+. The fourth-order valence-electron chi connectivity index (χ4n) is 3.75. The lowest BCUT2D eigenvalue weighted by Gasteiger charge is -2.27. The summed E-state index contributed by atoms with van der Waals surface area (Å²) in [7, 11) is 0. The molecule has 3 aromatic carbocycles. The molecule has 4 amide bonds. The monoisotopic (exact) mass is 502 g/mol. The summed E-state index contributed by atoms with van der Waals surface area (Å²) >= 11 is 0. The van der Waals surface area contributed by atoms with E-state index in [1.165, 1.54) is 30.3 Å². The molecule has 0 saturated carbocycles. The van der Waals surface area contributed by atoms with Crippen molar-refractivity contribution in [1.82, 2.24) is 5.32 Å². The first-order valence-electron chi connectivity index (χ1n) is 10.7. The Labute approximate surface area is 209 Å². The number of anilines is 1. The Morgan fingerprint density at radius 3 is 2.11 bits per heavy atom. The van der Waals surface area contributed by atoms with E-state index in [2.05, 4.69) is 5.32 Å². The van der Waals surface area contributed by atoms with Crippen molar-refractivity contribution in [2.75, 3.05) is 4.90 Å². The van der Waals surface area contributed by atoms with Gasteiger partial charge >= 0.3 is 11.7 Å². The predicted octanol–water partition coefficient (Wildman–Crippen LogP) is 4.58. The van der Waals surface area contributed by atoms with Crippen LogP contribution >= 0.6 is 0 Å². The van der Waals surface area contributed by atoms with E-state index in [9.17, 15) is 34.6 Å². The Bertz CT molecular complexity index is 1490. The molecule has 4 rings (SSSR count). The Kier molecular flexibility index (Phi) is 6.48. The molecular weight excluding hydrogens is 484 g/mol. The Morgan fingerprint density at radius 1 is 0.865 bits per heavy atom. The SMILES string of the molecule is Cc1cc(C)cc(N2C(=O)NC(=O)/C(=C\c3ccc(Oc4ccc([N+](=O)[O-])cc4[N+](=O)[O-])cc3)C2=O)c1.